The molecule has 0 amide bonds. The molecule has 0 bridgehead atoms. The van der Waals surface area contributed by atoms with Crippen LogP contribution in [-0.4, -0.2) is 6.61 Å². The fourth-order valence-electron chi connectivity index (χ4n) is 1.79. The number of benzene rings is 1. The molecular formula is C11H14O7P2-4. The average molecular weight is 320 g/mol. The Balaban J connectivity index is 3.21. The Kier molecular flexibility index (Phi) is 6.10. The molecule has 0 atom stereocenters. The zero-order valence-corrected chi connectivity index (χ0v) is 12.6. The summed E-state index contributed by atoms with van der Waals surface area (Å²) >= 11 is 0. The van der Waals surface area contributed by atoms with E-state index in [0.29, 0.717) is 12.2 Å². The summed E-state index contributed by atoms with van der Waals surface area (Å²) in [5.74, 6) is 0. The summed E-state index contributed by atoms with van der Waals surface area (Å²) in [5.41, 5.74) is 0.466. The molecule has 0 spiro atoms. The van der Waals surface area contributed by atoms with Gasteiger partial charge in [0.2, 0.25) is 0 Å². The molecule has 7 nitrogen and oxygen atoms in total. The van der Waals surface area contributed by atoms with Crippen LogP contribution in [0.1, 0.15) is 23.6 Å². The minimum atomic E-state index is -4.89. The van der Waals surface area contributed by atoms with Crippen LogP contribution in [0.2, 0.25) is 0 Å². The van der Waals surface area contributed by atoms with Crippen molar-refractivity contribution in [3.8, 4) is 0 Å². The van der Waals surface area contributed by atoms with Gasteiger partial charge in [-0.3, -0.25) is 0 Å². The Bertz CT molecular complexity index is 546. The lowest BCUT2D eigenvalue weighted by molar-refractivity contribution is -0.316. The second-order valence-electron chi connectivity index (χ2n) is 4.23. The standard InChI is InChI=1S/C11H18O7P2/c1-2-18-6-9-4-3-5-10(7-19(12,13)14)11(9)8-20(15,16)17/h3-5H,2,6-8H2,1H3,(H2,12,13,14)(H2,15,16,17)/p-4. The quantitative estimate of drug-likeness (QED) is 0.591. The fourth-order valence-corrected chi connectivity index (χ4v) is 3.30. The van der Waals surface area contributed by atoms with Crippen molar-refractivity contribution in [2.75, 3.05) is 6.61 Å². The summed E-state index contributed by atoms with van der Waals surface area (Å²) < 4.78 is 27.0. The van der Waals surface area contributed by atoms with Gasteiger partial charge in [0.1, 0.15) is 0 Å². The molecule has 0 saturated carbocycles. The van der Waals surface area contributed by atoms with E-state index in [-0.39, 0.29) is 17.7 Å². The van der Waals surface area contributed by atoms with Crippen LogP contribution in [0.25, 0.3) is 0 Å². The number of hydrogen-bond acceptors (Lipinski definition) is 7. The fraction of sp³-hybridized carbons (Fsp3) is 0.455. The van der Waals surface area contributed by atoms with Gasteiger partial charge in [-0.05, 0) is 23.6 Å². The first-order chi connectivity index (χ1) is 9.12. The Morgan fingerprint density at radius 1 is 1.00 bits per heavy atom. The predicted molar refractivity (Wildman–Crippen MR) is 64.4 cm³/mol. The van der Waals surface area contributed by atoms with Crippen LogP contribution in [0.5, 0.6) is 0 Å². The van der Waals surface area contributed by atoms with Crippen LogP contribution in [-0.2, 0) is 32.8 Å². The monoisotopic (exact) mass is 320 g/mol. The summed E-state index contributed by atoms with van der Waals surface area (Å²) in [6.07, 6.45) is -1.67. The molecule has 0 radical (unpaired) electrons. The van der Waals surface area contributed by atoms with E-state index in [0.717, 1.165) is 0 Å². The second kappa shape index (κ2) is 6.96. The second-order valence-corrected chi connectivity index (χ2v) is 7.31. The zero-order chi connectivity index (χ0) is 15.4. The third kappa shape index (κ3) is 6.29. The molecule has 0 saturated heterocycles. The van der Waals surface area contributed by atoms with Crippen molar-refractivity contribution in [2.45, 2.75) is 25.9 Å². The maximum atomic E-state index is 11.0. The van der Waals surface area contributed by atoms with Crippen LogP contribution in [0.3, 0.4) is 0 Å². The Labute approximate surface area is 116 Å². The van der Waals surface area contributed by atoms with E-state index in [1.54, 1.807) is 6.92 Å². The highest BCUT2D eigenvalue weighted by atomic mass is 31.2. The van der Waals surface area contributed by atoms with E-state index in [1.807, 2.05) is 0 Å². The largest absolute Gasteiger partial charge is 0.810 e. The first-order valence-electron chi connectivity index (χ1n) is 5.82. The first-order valence-corrected chi connectivity index (χ1v) is 9.27. The van der Waals surface area contributed by atoms with Gasteiger partial charge in [0, 0.05) is 18.9 Å². The van der Waals surface area contributed by atoms with Crippen LogP contribution in [0.15, 0.2) is 18.2 Å². The molecule has 0 aromatic heterocycles. The molecule has 0 unspecified atom stereocenters. The van der Waals surface area contributed by atoms with Gasteiger partial charge in [0.25, 0.3) is 0 Å². The highest BCUT2D eigenvalue weighted by Gasteiger charge is 2.11. The van der Waals surface area contributed by atoms with Crippen molar-refractivity contribution in [2.24, 2.45) is 0 Å². The Morgan fingerprint density at radius 2 is 1.55 bits per heavy atom. The lowest BCUT2D eigenvalue weighted by Crippen LogP contribution is -2.19. The number of hydrogen-bond donors (Lipinski definition) is 0. The third-order valence-corrected chi connectivity index (χ3v) is 3.98. The molecule has 1 aromatic carbocycles. The molecule has 0 aliphatic rings. The molecule has 9 heteroatoms. The first kappa shape index (κ1) is 17.5. The van der Waals surface area contributed by atoms with Crippen molar-refractivity contribution in [1.29, 1.82) is 0 Å². The summed E-state index contributed by atoms with van der Waals surface area (Å²) in [5, 5.41) is 0. The minimum Gasteiger partial charge on any atom is -0.810 e. The highest BCUT2D eigenvalue weighted by molar-refractivity contribution is 7.48. The normalized spacial score (nSPS) is 12.7. The molecular weight excluding hydrogens is 306 g/mol. The number of ether oxygens (including phenoxy) is 1. The molecule has 0 N–H and O–H groups in total. The summed E-state index contributed by atoms with van der Waals surface area (Å²) in [6.45, 7) is 2.15. The topological polar surface area (TPSA) is 136 Å². The van der Waals surface area contributed by atoms with Crippen molar-refractivity contribution in [3.63, 3.8) is 0 Å². The molecule has 0 aliphatic heterocycles. The molecule has 1 aromatic rings. The average Bonchev–Trinajstić information content (AvgIpc) is 2.26. The van der Waals surface area contributed by atoms with Gasteiger partial charge in [-0.15, -0.1) is 0 Å². The van der Waals surface area contributed by atoms with E-state index in [9.17, 15) is 28.7 Å². The Morgan fingerprint density at radius 3 is 2.05 bits per heavy atom. The van der Waals surface area contributed by atoms with E-state index in [4.69, 9.17) is 4.74 Å². The van der Waals surface area contributed by atoms with Crippen molar-refractivity contribution in [1.82, 2.24) is 0 Å². The molecule has 114 valence electrons. The smallest absolute Gasteiger partial charge is 0.0719 e. The van der Waals surface area contributed by atoms with E-state index in [1.165, 1.54) is 18.2 Å². The molecule has 0 fully saturated rings. The molecule has 1 rings (SSSR count). The number of rotatable bonds is 7. The van der Waals surface area contributed by atoms with Gasteiger partial charge >= 0.3 is 0 Å². The van der Waals surface area contributed by atoms with Gasteiger partial charge < -0.3 is 33.4 Å². The van der Waals surface area contributed by atoms with E-state index >= 15 is 0 Å². The third-order valence-electron chi connectivity index (χ3n) is 2.55. The van der Waals surface area contributed by atoms with Crippen LogP contribution >= 0.6 is 15.2 Å². The van der Waals surface area contributed by atoms with E-state index < -0.39 is 27.5 Å². The van der Waals surface area contributed by atoms with Gasteiger partial charge in [-0.1, -0.05) is 33.4 Å². The SMILES string of the molecule is CCOCc1cccc(CP(=O)([O-])[O-])c1CP(=O)([O-])[O-]. The van der Waals surface area contributed by atoms with Crippen molar-refractivity contribution in [3.05, 3.63) is 34.9 Å². The van der Waals surface area contributed by atoms with Crippen LogP contribution in [0.4, 0.5) is 0 Å². The lowest BCUT2D eigenvalue weighted by atomic mass is 10.0. The molecule has 0 aliphatic carbocycles. The van der Waals surface area contributed by atoms with Gasteiger partial charge in [0.05, 0.1) is 6.61 Å². The van der Waals surface area contributed by atoms with Crippen LogP contribution < -0.4 is 19.6 Å². The summed E-state index contributed by atoms with van der Waals surface area (Å²) in [4.78, 5) is 43.6. The van der Waals surface area contributed by atoms with E-state index in [2.05, 4.69) is 0 Å². The lowest BCUT2D eigenvalue weighted by Gasteiger charge is -2.34. The maximum Gasteiger partial charge on any atom is 0.0719 e. The zero-order valence-electron chi connectivity index (χ0n) is 10.8. The molecule has 0 heterocycles. The van der Waals surface area contributed by atoms with Crippen molar-refractivity contribution < 1.29 is 33.4 Å². The minimum absolute atomic E-state index is 0.0301. The predicted octanol–water partition coefficient (Wildman–Crippen LogP) is -0.949. The Hall–Kier alpha value is -0.520. The van der Waals surface area contributed by atoms with Crippen molar-refractivity contribution >= 4 is 15.2 Å². The molecule has 20 heavy (non-hydrogen) atoms. The maximum absolute atomic E-state index is 11.0. The van der Waals surface area contributed by atoms with Gasteiger partial charge in [0.15, 0.2) is 0 Å². The van der Waals surface area contributed by atoms with Gasteiger partial charge in [-0.25, -0.2) is 0 Å². The highest BCUT2D eigenvalue weighted by Crippen LogP contribution is 2.37. The van der Waals surface area contributed by atoms with Gasteiger partial charge in [-0.2, -0.15) is 0 Å². The summed E-state index contributed by atoms with van der Waals surface area (Å²) in [6, 6.07) is 4.34. The summed E-state index contributed by atoms with van der Waals surface area (Å²) in [7, 11) is -9.75. The van der Waals surface area contributed by atoms with Crippen LogP contribution in [0, 0.1) is 0 Å².